The molecule has 1 aromatic heterocycles. The summed E-state index contributed by atoms with van der Waals surface area (Å²) in [5.41, 5.74) is 6.57. The summed E-state index contributed by atoms with van der Waals surface area (Å²) in [4.78, 5) is 22.8. The third-order valence-electron chi connectivity index (χ3n) is 4.79. The Labute approximate surface area is 164 Å². The second kappa shape index (κ2) is 10.7. The van der Waals surface area contributed by atoms with Gasteiger partial charge in [0.25, 0.3) is 5.91 Å². The number of hydrogen-bond donors (Lipinski definition) is 3. The standard InChI is InChI=1S/C14H22N4O2.C6H5Cl/c1-9-4-2-3-5-10(9)13-11(8-17-18-13)14(20)16-7-6-12(15)19;7-6-4-2-1-3-5-6/h8-10H,2-7H2,1H3,(H2,15,19)(H,16,20)(H,17,18);1-5H. The van der Waals surface area contributed by atoms with E-state index in [2.05, 4.69) is 22.4 Å². The predicted octanol–water partition coefficient (Wildman–Crippen LogP) is 3.65. The summed E-state index contributed by atoms with van der Waals surface area (Å²) in [6, 6.07) is 9.44. The summed E-state index contributed by atoms with van der Waals surface area (Å²) in [6.07, 6.45) is 6.44. The first-order valence-corrected chi connectivity index (χ1v) is 9.67. The third-order valence-corrected chi connectivity index (χ3v) is 5.04. The van der Waals surface area contributed by atoms with Crippen LogP contribution < -0.4 is 11.1 Å². The molecule has 1 saturated carbocycles. The molecule has 0 bridgehead atoms. The van der Waals surface area contributed by atoms with Crippen molar-refractivity contribution in [2.75, 3.05) is 6.54 Å². The number of nitrogens with one attached hydrogen (secondary N) is 2. The molecular weight excluding hydrogens is 364 g/mol. The van der Waals surface area contributed by atoms with Crippen molar-refractivity contribution < 1.29 is 9.59 Å². The molecule has 1 aromatic carbocycles. The summed E-state index contributed by atoms with van der Waals surface area (Å²) in [5, 5.41) is 10.5. The number of primary amides is 1. The smallest absolute Gasteiger partial charge is 0.254 e. The Morgan fingerprint density at radius 1 is 1.26 bits per heavy atom. The number of nitrogens with zero attached hydrogens (tertiary/aromatic N) is 1. The molecule has 2 aromatic rings. The van der Waals surface area contributed by atoms with Crippen LogP contribution in [0.4, 0.5) is 0 Å². The van der Waals surface area contributed by atoms with E-state index >= 15 is 0 Å². The molecule has 7 heteroatoms. The number of hydrogen-bond acceptors (Lipinski definition) is 3. The summed E-state index contributed by atoms with van der Waals surface area (Å²) in [5.74, 6) is 0.316. The Morgan fingerprint density at radius 2 is 1.96 bits per heavy atom. The van der Waals surface area contributed by atoms with Crippen LogP contribution in [0.25, 0.3) is 0 Å². The van der Waals surface area contributed by atoms with E-state index in [0.29, 0.717) is 17.4 Å². The van der Waals surface area contributed by atoms with Crippen LogP contribution in [0.5, 0.6) is 0 Å². The highest BCUT2D eigenvalue weighted by atomic mass is 35.5. The SMILES string of the molecule is CC1CCCCC1c1[nH]ncc1C(=O)NCCC(N)=O.Clc1ccccc1. The minimum atomic E-state index is -0.418. The fourth-order valence-corrected chi connectivity index (χ4v) is 3.46. The normalized spacial score (nSPS) is 18.9. The first-order chi connectivity index (χ1) is 13.0. The van der Waals surface area contributed by atoms with Crippen LogP contribution in [0.1, 0.15) is 61.0 Å². The Hall–Kier alpha value is -2.34. The summed E-state index contributed by atoms with van der Waals surface area (Å²) in [6.45, 7) is 2.48. The lowest BCUT2D eigenvalue weighted by Crippen LogP contribution is -2.29. The van der Waals surface area contributed by atoms with Gasteiger partial charge in [0.05, 0.1) is 17.5 Å². The molecule has 0 radical (unpaired) electrons. The first kappa shape index (κ1) is 21.0. The van der Waals surface area contributed by atoms with Crippen LogP contribution in [0, 0.1) is 5.92 Å². The summed E-state index contributed by atoms with van der Waals surface area (Å²) in [7, 11) is 0. The van der Waals surface area contributed by atoms with Crippen LogP contribution >= 0.6 is 11.6 Å². The van der Waals surface area contributed by atoms with Gasteiger partial charge in [-0.05, 0) is 24.5 Å². The number of carbonyl (C=O) groups excluding carboxylic acids is 2. The van der Waals surface area contributed by atoms with Crippen molar-refractivity contribution in [1.29, 1.82) is 0 Å². The molecule has 146 valence electrons. The number of benzene rings is 1. The van der Waals surface area contributed by atoms with Crippen molar-refractivity contribution in [2.45, 2.75) is 44.9 Å². The number of aromatic amines is 1. The minimum Gasteiger partial charge on any atom is -0.370 e. The van der Waals surface area contributed by atoms with Gasteiger partial charge in [0.1, 0.15) is 0 Å². The number of carbonyl (C=O) groups is 2. The quantitative estimate of drug-likeness (QED) is 0.726. The van der Waals surface area contributed by atoms with Gasteiger partial charge in [-0.15, -0.1) is 0 Å². The molecule has 2 amide bonds. The molecule has 4 N–H and O–H groups in total. The topological polar surface area (TPSA) is 101 Å². The molecule has 0 aliphatic heterocycles. The van der Waals surface area contributed by atoms with Gasteiger partial charge >= 0.3 is 0 Å². The summed E-state index contributed by atoms with van der Waals surface area (Å²) >= 11 is 5.54. The maximum absolute atomic E-state index is 12.1. The fraction of sp³-hybridized carbons (Fsp3) is 0.450. The van der Waals surface area contributed by atoms with E-state index in [9.17, 15) is 9.59 Å². The van der Waals surface area contributed by atoms with E-state index in [0.717, 1.165) is 17.1 Å². The molecule has 2 unspecified atom stereocenters. The lowest BCUT2D eigenvalue weighted by molar-refractivity contribution is -0.117. The van der Waals surface area contributed by atoms with Crippen LogP contribution in [-0.2, 0) is 4.79 Å². The van der Waals surface area contributed by atoms with Crippen molar-refractivity contribution in [2.24, 2.45) is 11.7 Å². The van der Waals surface area contributed by atoms with Crippen LogP contribution in [0.3, 0.4) is 0 Å². The van der Waals surface area contributed by atoms with Crippen LogP contribution in [0.2, 0.25) is 5.02 Å². The minimum absolute atomic E-state index is 0.152. The first-order valence-electron chi connectivity index (χ1n) is 9.29. The molecule has 3 rings (SSSR count). The molecule has 27 heavy (non-hydrogen) atoms. The Kier molecular flexibility index (Phi) is 8.33. The Morgan fingerprint density at radius 3 is 2.56 bits per heavy atom. The van der Waals surface area contributed by atoms with E-state index in [1.807, 2.05) is 30.3 Å². The highest BCUT2D eigenvalue weighted by Crippen LogP contribution is 2.37. The maximum Gasteiger partial charge on any atom is 0.254 e. The van der Waals surface area contributed by atoms with E-state index in [1.54, 1.807) is 6.20 Å². The van der Waals surface area contributed by atoms with Gasteiger partial charge in [-0.2, -0.15) is 5.10 Å². The second-order valence-electron chi connectivity index (χ2n) is 6.83. The zero-order chi connectivity index (χ0) is 19.6. The van der Waals surface area contributed by atoms with Gasteiger partial charge in [-0.1, -0.05) is 56.0 Å². The van der Waals surface area contributed by atoms with Crippen molar-refractivity contribution in [1.82, 2.24) is 15.5 Å². The van der Waals surface area contributed by atoms with Gasteiger partial charge < -0.3 is 11.1 Å². The lowest BCUT2D eigenvalue weighted by atomic mass is 9.77. The maximum atomic E-state index is 12.1. The number of rotatable bonds is 5. The molecule has 1 heterocycles. The highest BCUT2D eigenvalue weighted by Gasteiger charge is 2.28. The molecule has 0 spiro atoms. The van der Waals surface area contributed by atoms with Crippen molar-refractivity contribution >= 4 is 23.4 Å². The van der Waals surface area contributed by atoms with Crippen molar-refractivity contribution in [3.8, 4) is 0 Å². The Balaban J connectivity index is 0.000000313. The zero-order valence-electron chi connectivity index (χ0n) is 15.6. The van der Waals surface area contributed by atoms with Gasteiger partial charge in [-0.3, -0.25) is 14.7 Å². The summed E-state index contributed by atoms with van der Waals surface area (Å²) < 4.78 is 0. The number of nitrogens with two attached hydrogens (primary N) is 1. The van der Waals surface area contributed by atoms with Crippen molar-refractivity contribution in [3.63, 3.8) is 0 Å². The molecule has 1 aliphatic rings. The number of aromatic nitrogens is 2. The molecule has 1 fully saturated rings. The van der Waals surface area contributed by atoms with E-state index < -0.39 is 5.91 Å². The monoisotopic (exact) mass is 390 g/mol. The average molecular weight is 391 g/mol. The van der Waals surface area contributed by atoms with Gasteiger partial charge in [-0.25, -0.2) is 0 Å². The number of halogens is 1. The molecule has 1 aliphatic carbocycles. The third kappa shape index (κ3) is 6.71. The largest absolute Gasteiger partial charge is 0.370 e. The molecule has 6 nitrogen and oxygen atoms in total. The number of H-pyrrole nitrogens is 1. The van der Waals surface area contributed by atoms with E-state index in [1.165, 1.54) is 19.3 Å². The van der Waals surface area contributed by atoms with Gasteiger partial charge in [0, 0.05) is 23.9 Å². The molecule has 2 atom stereocenters. The van der Waals surface area contributed by atoms with Crippen LogP contribution in [0.15, 0.2) is 36.5 Å². The van der Waals surface area contributed by atoms with E-state index in [4.69, 9.17) is 17.3 Å². The lowest BCUT2D eigenvalue weighted by Gasteiger charge is -2.28. The van der Waals surface area contributed by atoms with Gasteiger partial charge in [0.2, 0.25) is 5.91 Å². The zero-order valence-corrected chi connectivity index (χ0v) is 16.3. The fourth-order valence-electron chi connectivity index (χ4n) is 3.31. The highest BCUT2D eigenvalue weighted by molar-refractivity contribution is 6.30. The van der Waals surface area contributed by atoms with E-state index in [-0.39, 0.29) is 18.9 Å². The second-order valence-corrected chi connectivity index (χ2v) is 7.27. The molecule has 0 saturated heterocycles. The van der Waals surface area contributed by atoms with Gasteiger partial charge in [0.15, 0.2) is 0 Å². The van der Waals surface area contributed by atoms with Crippen LogP contribution in [-0.4, -0.2) is 28.6 Å². The predicted molar refractivity (Wildman–Crippen MR) is 107 cm³/mol. The Bertz CT molecular complexity index is 733. The number of amides is 2. The average Bonchev–Trinajstić information content (AvgIpc) is 3.12. The molecular formula is C20H27ClN4O2. The van der Waals surface area contributed by atoms with Crippen molar-refractivity contribution in [3.05, 3.63) is 52.8 Å².